The number of nitrogens with two attached hydrogens (primary N) is 1. The number of guanidine groups is 1. The van der Waals surface area contributed by atoms with Gasteiger partial charge in [0, 0.05) is 26.0 Å². The van der Waals surface area contributed by atoms with Gasteiger partial charge in [0.15, 0.2) is 0 Å². The van der Waals surface area contributed by atoms with Crippen LogP contribution in [-0.4, -0.2) is 52.7 Å². The number of hydrogen-bond acceptors (Lipinski definition) is 5. The van der Waals surface area contributed by atoms with Crippen molar-refractivity contribution in [1.29, 1.82) is 0 Å². The third-order valence-electron chi connectivity index (χ3n) is 1.88. The molecule has 0 aliphatic heterocycles. The standard InChI is InChI=1S/C9H22N4O3S/c1-8(7-16-2)12-9(13-10)11-5-4-6-17(3,14)15/h8H,4-7,10H2,1-3H3,(H2,11,12,13). The Hall–Kier alpha value is -0.860. The number of sulfone groups is 1. The molecule has 0 radical (unpaired) electrons. The molecule has 8 heteroatoms. The molecule has 0 fully saturated rings. The molecule has 0 aromatic rings. The van der Waals surface area contributed by atoms with Crippen molar-refractivity contribution in [3.05, 3.63) is 0 Å². The van der Waals surface area contributed by atoms with Gasteiger partial charge in [-0.3, -0.25) is 10.4 Å². The Morgan fingerprint density at radius 1 is 1.53 bits per heavy atom. The molecule has 0 heterocycles. The molecule has 7 nitrogen and oxygen atoms in total. The molecule has 0 aromatic heterocycles. The lowest BCUT2D eigenvalue weighted by molar-refractivity contribution is 0.179. The van der Waals surface area contributed by atoms with Gasteiger partial charge >= 0.3 is 0 Å². The maximum atomic E-state index is 10.9. The van der Waals surface area contributed by atoms with E-state index in [0.29, 0.717) is 25.5 Å². The quantitative estimate of drug-likeness (QED) is 0.177. The molecule has 0 aromatic carbocycles. The SMILES string of the molecule is COCC(C)NC(=NCCCS(C)(=O)=O)NN. The summed E-state index contributed by atoms with van der Waals surface area (Å²) in [5.74, 6) is 5.84. The van der Waals surface area contributed by atoms with E-state index in [1.807, 2.05) is 6.92 Å². The number of rotatable bonds is 7. The van der Waals surface area contributed by atoms with Crippen LogP contribution in [0.1, 0.15) is 13.3 Å². The second kappa shape index (κ2) is 8.26. The van der Waals surface area contributed by atoms with Crippen molar-refractivity contribution in [1.82, 2.24) is 10.7 Å². The van der Waals surface area contributed by atoms with Crippen molar-refractivity contribution in [2.45, 2.75) is 19.4 Å². The highest BCUT2D eigenvalue weighted by Gasteiger charge is 2.04. The fraction of sp³-hybridized carbons (Fsp3) is 0.889. The number of hydrazine groups is 1. The summed E-state index contributed by atoms with van der Waals surface area (Å²) >= 11 is 0. The summed E-state index contributed by atoms with van der Waals surface area (Å²) in [6.45, 7) is 2.86. The van der Waals surface area contributed by atoms with Crippen LogP contribution in [-0.2, 0) is 14.6 Å². The van der Waals surface area contributed by atoms with Crippen LogP contribution in [0.2, 0.25) is 0 Å². The Balaban J connectivity index is 4.00. The Morgan fingerprint density at radius 3 is 2.65 bits per heavy atom. The summed E-state index contributed by atoms with van der Waals surface area (Å²) in [5.41, 5.74) is 2.42. The Morgan fingerprint density at radius 2 is 2.18 bits per heavy atom. The molecule has 4 N–H and O–H groups in total. The predicted octanol–water partition coefficient (Wildman–Crippen LogP) is -1.14. The number of aliphatic imine (C=N–C) groups is 1. The van der Waals surface area contributed by atoms with Gasteiger partial charge in [0.2, 0.25) is 5.96 Å². The Labute approximate surface area is 103 Å². The largest absolute Gasteiger partial charge is 0.383 e. The topological polar surface area (TPSA) is 106 Å². The molecule has 0 aliphatic carbocycles. The van der Waals surface area contributed by atoms with Crippen LogP contribution in [0.15, 0.2) is 4.99 Å². The number of nitrogens with zero attached hydrogens (tertiary/aromatic N) is 1. The normalized spacial score (nSPS) is 14.5. The van der Waals surface area contributed by atoms with Crippen molar-refractivity contribution in [2.24, 2.45) is 10.8 Å². The zero-order valence-corrected chi connectivity index (χ0v) is 11.4. The first-order valence-electron chi connectivity index (χ1n) is 5.33. The summed E-state index contributed by atoms with van der Waals surface area (Å²) in [7, 11) is -1.31. The molecule has 17 heavy (non-hydrogen) atoms. The van der Waals surface area contributed by atoms with Gasteiger partial charge in [0.25, 0.3) is 0 Å². The highest BCUT2D eigenvalue weighted by Crippen LogP contribution is 1.90. The monoisotopic (exact) mass is 266 g/mol. The second-order valence-corrected chi connectivity index (χ2v) is 6.12. The molecular formula is C9H22N4O3S. The Bertz CT molecular complexity index is 329. The van der Waals surface area contributed by atoms with Gasteiger partial charge in [-0.2, -0.15) is 0 Å². The molecule has 0 aliphatic rings. The zero-order chi connectivity index (χ0) is 13.3. The minimum atomic E-state index is -2.92. The summed E-state index contributed by atoms with van der Waals surface area (Å²) in [6, 6.07) is 0.0738. The number of ether oxygens (including phenoxy) is 1. The molecular weight excluding hydrogens is 244 g/mol. The molecule has 0 amide bonds. The maximum absolute atomic E-state index is 10.9. The van der Waals surface area contributed by atoms with Crippen LogP contribution in [0.5, 0.6) is 0 Å². The van der Waals surface area contributed by atoms with E-state index in [1.54, 1.807) is 7.11 Å². The zero-order valence-electron chi connectivity index (χ0n) is 10.6. The molecule has 1 atom stereocenters. The van der Waals surface area contributed by atoms with Crippen LogP contribution >= 0.6 is 0 Å². The third-order valence-corrected chi connectivity index (χ3v) is 2.91. The average Bonchev–Trinajstić information content (AvgIpc) is 2.21. The first-order chi connectivity index (χ1) is 7.89. The second-order valence-electron chi connectivity index (χ2n) is 3.86. The number of hydrogen-bond donors (Lipinski definition) is 3. The predicted molar refractivity (Wildman–Crippen MR) is 68.4 cm³/mol. The summed E-state index contributed by atoms with van der Waals surface area (Å²) in [6.07, 6.45) is 1.68. The lowest BCUT2D eigenvalue weighted by atomic mass is 10.4. The summed E-state index contributed by atoms with van der Waals surface area (Å²) < 4.78 is 26.7. The number of nitrogens with one attached hydrogen (secondary N) is 2. The van der Waals surface area contributed by atoms with Gasteiger partial charge in [-0.05, 0) is 13.3 Å². The minimum absolute atomic E-state index is 0.0738. The van der Waals surface area contributed by atoms with Gasteiger partial charge < -0.3 is 10.1 Å². The van der Waals surface area contributed by atoms with Crippen molar-refractivity contribution >= 4 is 15.8 Å². The highest BCUT2D eigenvalue weighted by atomic mass is 32.2. The van der Waals surface area contributed by atoms with Gasteiger partial charge in [0.1, 0.15) is 9.84 Å². The molecule has 0 rings (SSSR count). The van der Waals surface area contributed by atoms with E-state index < -0.39 is 9.84 Å². The molecule has 0 saturated heterocycles. The van der Waals surface area contributed by atoms with Gasteiger partial charge in [-0.15, -0.1) is 0 Å². The van der Waals surface area contributed by atoms with Crippen LogP contribution < -0.4 is 16.6 Å². The molecule has 1 unspecified atom stereocenters. The van der Waals surface area contributed by atoms with E-state index in [-0.39, 0.29) is 11.8 Å². The summed E-state index contributed by atoms with van der Waals surface area (Å²) in [5, 5.41) is 3.00. The van der Waals surface area contributed by atoms with Crippen molar-refractivity contribution in [2.75, 3.05) is 32.3 Å². The lowest BCUT2D eigenvalue weighted by Crippen LogP contribution is -2.46. The van der Waals surface area contributed by atoms with Crippen LogP contribution in [0, 0.1) is 0 Å². The average molecular weight is 266 g/mol. The molecule has 0 saturated carbocycles. The van der Waals surface area contributed by atoms with Crippen LogP contribution in [0.25, 0.3) is 0 Å². The van der Waals surface area contributed by atoms with Gasteiger partial charge in [-0.1, -0.05) is 0 Å². The fourth-order valence-electron chi connectivity index (χ4n) is 1.18. The van der Waals surface area contributed by atoms with Gasteiger partial charge in [0.05, 0.1) is 12.4 Å². The van der Waals surface area contributed by atoms with E-state index in [2.05, 4.69) is 15.7 Å². The van der Waals surface area contributed by atoms with E-state index in [9.17, 15) is 8.42 Å². The highest BCUT2D eigenvalue weighted by molar-refractivity contribution is 7.90. The van der Waals surface area contributed by atoms with Crippen LogP contribution in [0.4, 0.5) is 0 Å². The van der Waals surface area contributed by atoms with E-state index in [1.165, 1.54) is 6.26 Å². The maximum Gasteiger partial charge on any atom is 0.206 e. The third kappa shape index (κ3) is 10.0. The number of methoxy groups -OCH3 is 1. The van der Waals surface area contributed by atoms with Crippen LogP contribution in [0.3, 0.4) is 0 Å². The van der Waals surface area contributed by atoms with E-state index in [4.69, 9.17) is 10.6 Å². The summed E-state index contributed by atoms with van der Waals surface area (Å²) in [4.78, 5) is 4.12. The van der Waals surface area contributed by atoms with Crippen molar-refractivity contribution < 1.29 is 13.2 Å². The molecule has 102 valence electrons. The van der Waals surface area contributed by atoms with Gasteiger partial charge in [-0.25, -0.2) is 14.3 Å². The van der Waals surface area contributed by atoms with E-state index >= 15 is 0 Å². The van der Waals surface area contributed by atoms with Crippen molar-refractivity contribution in [3.63, 3.8) is 0 Å². The Kier molecular flexibility index (Phi) is 7.85. The first kappa shape index (κ1) is 16.1. The molecule has 0 bridgehead atoms. The molecule has 0 spiro atoms. The lowest BCUT2D eigenvalue weighted by Gasteiger charge is -2.15. The first-order valence-corrected chi connectivity index (χ1v) is 7.39. The fourth-order valence-corrected chi connectivity index (χ4v) is 1.83. The van der Waals surface area contributed by atoms with E-state index in [0.717, 1.165) is 0 Å². The minimum Gasteiger partial charge on any atom is -0.383 e. The van der Waals surface area contributed by atoms with Crippen molar-refractivity contribution in [3.8, 4) is 0 Å². The smallest absolute Gasteiger partial charge is 0.206 e.